The lowest BCUT2D eigenvalue weighted by Crippen LogP contribution is -2.31. The topological polar surface area (TPSA) is 111 Å². The molecule has 10 heteroatoms. The largest absolute Gasteiger partial charge is 0.493 e. The number of anilines is 2. The van der Waals surface area contributed by atoms with Crippen molar-refractivity contribution in [3.63, 3.8) is 0 Å². The van der Waals surface area contributed by atoms with Crippen molar-refractivity contribution in [1.29, 1.82) is 0 Å². The zero-order valence-electron chi connectivity index (χ0n) is 20.7. The minimum Gasteiger partial charge on any atom is -0.493 e. The molecule has 0 heterocycles. The number of para-hydroxylation sites is 1. The summed E-state index contributed by atoms with van der Waals surface area (Å²) in [5.41, 5.74) is 1.26. The summed E-state index contributed by atoms with van der Waals surface area (Å²) in [4.78, 5) is 25.5. The number of sulfonamides is 1. The minimum atomic E-state index is -3.97. The molecule has 3 rings (SSSR count). The van der Waals surface area contributed by atoms with Crippen LogP contribution in [0.15, 0.2) is 65.6 Å². The van der Waals surface area contributed by atoms with E-state index in [1.165, 1.54) is 49.9 Å². The maximum atomic E-state index is 13.6. The third-order valence-corrected chi connectivity index (χ3v) is 7.57. The maximum absolute atomic E-state index is 13.6. The van der Waals surface area contributed by atoms with Gasteiger partial charge in [-0.1, -0.05) is 24.3 Å². The third-order valence-electron chi connectivity index (χ3n) is 5.53. The SMILES string of the molecule is CCN(c1ccccc1)S(=O)(=O)c1cc(C(=O)Nc2cc(OC)c(OC)cc2C(=O)OC)ccc1C. The van der Waals surface area contributed by atoms with Crippen molar-refractivity contribution >= 4 is 33.3 Å². The summed E-state index contributed by atoms with van der Waals surface area (Å²) in [7, 11) is 0.0883. The van der Waals surface area contributed by atoms with E-state index in [0.29, 0.717) is 11.3 Å². The summed E-state index contributed by atoms with van der Waals surface area (Å²) in [6, 6.07) is 16.0. The van der Waals surface area contributed by atoms with Crippen LogP contribution in [-0.2, 0) is 14.8 Å². The highest BCUT2D eigenvalue weighted by molar-refractivity contribution is 7.92. The molecule has 0 bridgehead atoms. The Bertz CT molecular complexity index is 1370. The number of methoxy groups -OCH3 is 3. The van der Waals surface area contributed by atoms with E-state index >= 15 is 0 Å². The molecule has 0 saturated heterocycles. The molecular weight excluding hydrogens is 484 g/mol. The van der Waals surface area contributed by atoms with Crippen molar-refractivity contribution in [2.45, 2.75) is 18.7 Å². The first-order valence-electron chi connectivity index (χ1n) is 11.0. The molecule has 1 amide bonds. The average molecular weight is 513 g/mol. The van der Waals surface area contributed by atoms with Crippen LogP contribution in [0.2, 0.25) is 0 Å². The molecule has 190 valence electrons. The third kappa shape index (κ3) is 5.28. The Kier molecular flexibility index (Phi) is 8.21. The van der Waals surface area contributed by atoms with E-state index in [-0.39, 0.29) is 39.8 Å². The first kappa shape index (κ1) is 26.6. The lowest BCUT2D eigenvalue weighted by molar-refractivity contribution is 0.0601. The highest BCUT2D eigenvalue weighted by Gasteiger charge is 2.27. The van der Waals surface area contributed by atoms with E-state index in [4.69, 9.17) is 14.2 Å². The molecule has 0 spiro atoms. The van der Waals surface area contributed by atoms with Crippen LogP contribution in [0.4, 0.5) is 11.4 Å². The molecule has 1 N–H and O–H groups in total. The van der Waals surface area contributed by atoms with Crippen LogP contribution in [0.25, 0.3) is 0 Å². The Labute approximate surface area is 210 Å². The van der Waals surface area contributed by atoms with Crippen LogP contribution in [0.1, 0.15) is 33.2 Å². The molecule has 3 aromatic carbocycles. The van der Waals surface area contributed by atoms with Gasteiger partial charge in [-0.05, 0) is 43.7 Å². The molecule has 0 atom stereocenters. The monoisotopic (exact) mass is 512 g/mol. The number of benzene rings is 3. The van der Waals surface area contributed by atoms with Crippen LogP contribution in [0.3, 0.4) is 0 Å². The van der Waals surface area contributed by atoms with Crippen LogP contribution >= 0.6 is 0 Å². The fourth-order valence-corrected chi connectivity index (χ4v) is 5.41. The quantitative estimate of drug-likeness (QED) is 0.426. The van der Waals surface area contributed by atoms with E-state index in [1.54, 1.807) is 50.2 Å². The standard InChI is InChI=1S/C26H28N2O7S/c1-6-28(19-10-8-7-9-11-19)36(31,32)24-14-18(13-12-17(24)2)25(29)27-21-16-23(34-4)22(33-3)15-20(21)26(30)35-5/h7-16H,6H2,1-5H3,(H,27,29). The van der Waals surface area contributed by atoms with Gasteiger partial charge in [-0.3, -0.25) is 9.10 Å². The van der Waals surface area contributed by atoms with Crippen LogP contribution in [0, 0.1) is 6.92 Å². The second-order valence-corrected chi connectivity index (χ2v) is 9.51. The molecule has 36 heavy (non-hydrogen) atoms. The summed E-state index contributed by atoms with van der Waals surface area (Å²) in [5.74, 6) is -0.749. The van der Waals surface area contributed by atoms with Crippen molar-refractivity contribution in [2.75, 3.05) is 37.5 Å². The average Bonchev–Trinajstić information content (AvgIpc) is 2.88. The van der Waals surface area contributed by atoms with Crippen molar-refractivity contribution in [2.24, 2.45) is 0 Å². The molecule has 0 aliphatic rings. The summed E-state index contributed by atoms with van der Waals surface area (Å²) < 4.78 is 43.7. The van der Waals surface area contributed by atoms with Crippen LogP contribution < -0.4 is 19.1 Å². The summed E-state index contributed by atoms with van der Waals surface area (Å²) in [6.07, 6.45) is 0. The fraction of sp³-hybridized carbons (Fsp3) is 0.231. The van der Waals surface area contributed by atoms with E-state index < -0.39 is 21.9 Å². The zero-order chi connectivity index (χ0) is 26.5. The second kappa shape index (κ2) is 11.1. The van der Waals surface area contributed by atoms with Crippen molar-refractivity contribution < 1.29 is 32.2 Å². The second-order valence-electron chi connectivity index (χ2n) is 7.68. The molecular formula is C26H28N2O7S. The predicted octanol–water partition coefficient (Wildman–Crippen LogP) is 4.27. The minimum absolute atomic E-state index is 0.00126. The summed E-state index contributed by atoms with van der Waals surface area (Å²) >= 11 is 0. The van der Waals surface area contributed by atoms with Gasteiger partial charge in [0.05, 0.1) is 43.2 Å². The Balaban J connectivity index is 2.02. The molecule has 0 aliphatic carbocycles. The number of carbonyl (C=O) groups is 2. The van der Waals surface area contributed by atoms with Gasteiger partial charge >= 0.3 is 5.97 Å². The first-order valence-corrected chi connectivity index (χ1v) is 12.5. The molecule has 0 aromatic heterocycles. The van der Waals surface area contributed by atoms with E-state index in [2.05, 4.69) is 5.32 Å². The number of hydrogen-bond donors (Lipinski definition) is 1. The smallest absolute Gasteiger partial charge is 0.340 e. The molecule has 3 aromatic rings. The Morgan fingerprint density at radius 2 is 1.56 bits per heavy atom. The number of esters is 1. The maximum Gasteiger partial charge on any atom is 0.340 e. The number of nitrogens with zero attached hydrogens (tertiary/aromatic N) is 1. The number of carbonyl (C=O) groups excluding carboxylic acids is 2. The number of rotatable bonds is 9. The first-order chi connectivity index (χ1) is 17.2. The van der Waals surface area contributed by atoms with Gasteiger partial charge in [0.2, 0.25) is 0 Å². The number of nitrogens with one attached hydrogen (secondary N) is 1. The lowest BCUT2D eigenvalue weighted by atomic mass is 10.1. The zero-order valence-corrected chi connectivity index (χ0v) is 21.5. The van der Waals surface area contributed by atoms with Gasteiger partial charge in [-0.25, -0.2) is 13.2 Å². The molecule has 0 unspecified atom stereocenters. The van der Waals surface area contributed by atoms with E-state index in [0.717, 1.165) is 0 Å². The summed E-state index contributed by atoms with van der Waals surface area (Å²) in [6.45, 7) is 3.61. The van der Waals surface area contributed by atoms with Crippen molar-refractivity contribution in [3.05, 3.63) is 77.4 Å². The van der Waals surface area contributed by atoms with Gasteiger partial charge < -0.3 is 19.5 Å². The highest BCUT2D eigenvalue weighted by atomic mass is 32.2. The van der Waals surface area contributed by atoms with Gasteiger partial charge in [-0.15, -0.1) is 0 Å². The van der Waals surface area contributed by atoms with Gasteiger partial charge in [-0.2, -0.15) is 0 Å². The molecule has 0 saturated carbocycles. The molecule has 0 aliphatic heterocycles. The van der Waals surface area contributed by atoms with Crippen LogP contribution in [-0.4, -0.2) is 48.2 Å². The highest BCUT2D eigenvalue weighted by Crippen LogP contribution is 2.34. The predicted molar refractivity (Wildman–Crippen MR) is 137 cm³/mol. The van der Waals surface area contributed by atoms with Crippen molar-refractivity contribution in [1.82, 2.24) is 0 Å². The lowest BCUT2D eigenvalue weighted by Gasteiger charge is -2.24. The molecule has 0 fully saturated rings. The Morgan fingerprint density at radius 1 is 0.917 bits per heavy atom. The number of amides is 1. The number of ether oxygens (including phenoxy) is 3. The van der Waals surface area contributed by atoms with Gasteiger partial charge in [0.1, 0.15) is 0 Å². The van der Waals surface area contributed by atoms with Gasteiger partial charge in [0.25, 0.3) is 15.9 Å². The van der Waals surface area contributed by atoms with Gasteiger partial charge in [0, 0.05) is 24.2 Å². The fourth-order valence-electron chi connectivity index (χ4n) is 3.68. The van der Waals surface area contributed by atoms with Crippen LogP contribution in [0.5, 0.6) is 11.5 Å². The molecule has 9 nitrogen and oxygen atoms in total. The number of aryl methyl sites for hydroxylation is 1. The van der Waals surface area contributed by atoms with Crippen molar-refractivity contribution in [3.8, 4) is 11.5 Å². The molecule has 0 radical (unpaired) electrons. The van der Waals surface area contributed by atoms with E-state index in [1.807, 2.05) is 0 Å². The Morgan fingerprint density at radius 3 is 2.14 bits per heavy atom. The Hall–Kier alpha value is -4.05. The number of hydrogen-bond acceptors (Lipinski definition) is 7. The normalized spacial score (nSPS) is 10.9. The van der Waals surface area contributed by atoms with Gasteiger partial charge in [0.15, 0.2) is 11.5 Å². The summed E-state index contributed by atoms with van der Waals surface area (Å²) in [5, 5.41) is 2.66. The van der Waals surface area contributed by atoms with E-state index in [9.17, 15) is 18.0 Å².